The van der Waals surface area contributed by atoms with Gasteiger partial charge in [0.2, 0.25) is 0 Å². The lowest BCUT2D eigenvalue weighted by Gasteiger charge is -2.35. The Bertz CT molecular complexity index is 945. The van der Waals surface area contributed by atoms with Gasteiger partial charge >= 0.3 is 0 Å². The van der Waals surface area contributed by atoms with Crippen LogP contribution in [0.1, 0.15) is 30.9 Å². The van der Waals surface area contributed by atoms with E-state index in [-0.39, 0.29) is 11.6 Å². The van der Waals surface area contributed by atoms with Gasteiger partial charge in [-0.15, -0.1) is 0 Å². The maximum absolute atomic E-state index is 13.1. The molecule has 6 heteroatoms. The van der Waals surface area contributed by atoms with Crippen LogP contribution in [-0.4, -0.2) is 52.5 Å². The number of carbonyl (C=O) groups excluding carboxylic acids is 2. The molecule has 4 rings (SSSR count). The summed E-state index contributed by atoms with van der Waals surface area (Å²) in [4.78, 5) is 29.3. The van der Waals surface area contributed by atoms with Gasteiger partial charge in [-0.1, -0.05) is 42.5 Å². The maximum Gasteiger partial charge on any atom is 0.296 e. The van der Waals surface area contributed by atoms with Crippen LogP contribution in [0.15, 0.2) is 60.4 Å². The summed E-state index contributed by atoms with van der Waals surface area (Å²) >= 11 is 0. The van der Waals surface area contributed by atoms with Gasteiger partial charge in [-0.2, -0.15) is 0 Å². The standard InChI is InChI=1S/C24H26N2O4/c1-2-30-20-10-8-18(9-11-20)21-22(27)24(29)26(23(21)28)19-12-14-25(15-13-19)16-17-6-4-3-5-7-17/h3-11,19,27H,2,12-16H2,1H3. The van der Waals surface area contributed by atoms with Crippen LogP contribution in [0, 0.1) is 0 Å². The molecule has 2 aliphatic rings. The lowest BCUT2D eigenvalue weighted by molar-refractivity contribution is -0.141. The van der Waals surface area contributed by atoms with Crippen LogP contribution in [0.4, 0.5) is 0 Å². The van der Waals surface area contributed by atoms with Gasteiger partial charge in [0.25, 0.3) is 11.8 Å². The van der Waals surface area contributed by atoms with Crippen molar-refractivity contribution in [1.82, 2.24) is 9.80 Å². The fourth-order valence-electron chi connectivity index (χ4n) is 4.19. The first-order chi connectivity index (χ1) is 14.6. The van der Waals surface area contributed by atoms with Crippen LogP contribution >= 0.6 is 0 Å². The van der Waals surface area contributed by atoms with E-state index < -0.39 is 17.6 Å². The molecular weight excluding hydrogens is 380 g/mol. The van der Waals surface area contributed by atoms with Crippen LogP contribution in [-0.2, 0) is 16.1 Å². The minimum Gasteiger partial charge on any atom is -0.502 e. The molecule has 2 aliphatic heterocycles. The monoisotopic (exact) mass is 406 g/mol. The fraction of sp³-hybridized carbons (Fsp3) is 0.333. The van der Waals surface area contributed by atoms with Gasteiger partial charge < -0.3 is 9.84 Å². The Kier molecular flexibility index (Phi) is 5.86. The molecule has 0 aromatic heterocycles. The second-order valence-electron chi connectivity index (χ2n) is 7.65. The van der Waals surface area contributed by atoms with E-state index in [1.54, 1.807) is 24.3 Å². The molecule has 0 saturated carbocycles. The Morgan fingerprint density at radius 3 is 2.27 bits per heavy atom. The van der Waals surface area contributed by atoms with E-state index >= 15 is 0 Å². The van der Waals surface area contributed by atoms with E-state index in [0.717, 1.165) is 19.6 Å². The first-order valence-corrected chi connectivity index (χ1v) is 10.4. The number of hydrogen-bond donors (Lipinski definition) is 1. The highest BCUT2D eigenvalue weighted by atomic mass is 16.5. The first-order valence-electron chi connectivity index (χ1n) is 10.4. The maximum atomic E-state index is 13.1. The summed E-state index contributed by atoms with van der Waals surface area (Å²) in [6.45, 7) is 4.90. The number of likely N-dealkylation sites (tertiary alicyclic amines) is 1. The molecule has 1 N–H and O–H groups in total. The molecule has 2 aromatic carbocycles. The molecule has 2 heterocycles. The molecule has 6 nitrogen and oxygen atoms in total. The van der Waals surface area contributed by atoms with Crippen molar-refractivity contribution in [1.29, 1.82) is 0 Å². The Labute approximate surface area is 176 Å². The van der Waals surface area contributed by atoms with Crippen molar-refractivity contribution >= 4 is 17.4 Å². The zero-order valence-electron chi connectivity index (χ0n) is 17.1. The van der Waals surface area contributed by atoms with Crippen molar-refractivity contribution < 1.29 is 19.4 Å². The number of amides is 2. The van der Waals surface area contributed by atoms with Crippen LogP contribution < -0.4 is 4.74 Å². The SMILES string of the molecule is CCOc1ccc(C2=C(O)C(=O)N(C3CCN(Cc4ccccc4)CC3)C2=O)cc1. The number of benzene rings is 2. The molecule has 0 atom stereocenters. The zero-order chi connectivity index (χ0) is 21.1. The fourth-order valence-corrected chi connectivity index (χ4v) is 4.19. The molecule has 0 radical (unpaired) electrons. The number of ether oxygens (including phenoxy) is 1. The Morgan fingerprint density at radius 1 is 0.967 bits per heavy atom. The van der Waals surface area contributed by atoms with E-state index in [4.69, 9.17) is 4.74 Å². The summed E-state index contributed by atoms with van der Waals surface area (Å²) in [5.41, 5.74) is 1.86. The number of nitrogens with zero attached hydrogens (tertiary/aromatic N) is 2. The topological polar surface area (TPSA) is 70.1 Å². The molecule has 2 amide bonds. The van der Waals surface area contributed by atoms with Gasteiger partial charge in [0, 0.05) is 25.7 Å². The van der Waals surface area contributed by atoms with Crippen molar-refractivity contribution in [2.75, 3.05) is 19.7 Å². The summed E-state index contributed by atoms with van der Waals surface area (Å²) in [6, 6.07) is 16.9. The van der Waals surface area contributed by atoms with E-state index in [9.17, 15) is 14.7 Å². The molecule has 0 unspecified atom stereocenters. The van der Waals surface area contributed by atoms with Crippen LogP contribution in [0.25, 0.3) is 5.57 Å². The number of imide groups is 1. The number of carbonyl (C=O) groups is 2. The summed E-state index contributed by atoms with van der Waals surface area (Å²) in [6.07, 6.45) is 1.41. The molecule has 30 heavy (non-hydrogen) atoms. The Morgan fingerprint density at radius 2 is 1.63 bits per heavy atom. The quantitative estimate of drug-likeness (QED) is 0.745. The number of aliphatic hydroxyl groups is 1. The van der Waals surface area contributed by atoms with Crippen LogP contribution in [0.2, 0.25) is 0 Å². The average Bonchev–Trinajstić information content (AvgIpc) is 2.99. The highest BCUT2D eigenvalue weighted by Gasteiger charge is 2.43. The van der Waals surface area contributed by atoms with Crippen molar-refractivity contribution in [3.05, 3.63) is 71.5 Å². The zero-order valence-corrected chi connectivity index (χ0v) is 17.1. The minimum absolute atomic E-state index is 0.0785. The highest BCUT2D eigenvalue weighted by Crippen LogP contribution is 2.32. The van der Waals surface area contributed by atoms with Crippen molar-refractivity contribution in [3.8, 4) is 5.75 Å². The second-order valence-corrected chi connectivity index (χ2v) is 7.65. The third-order valence-corrected chi connectivity index (χ3v) is 5.72. The van der Waals surface area contributed by atoms with E-state index in [1.807, 2.05) is 25.1 Å². The van der Waals surface area contributed by atoms with E-state index in [0.29, 0.717) is 30.8 Å². The van der Waals surface area contributed by atoms with Crippen molar-refractivity contribution in [3.63, 3.8) is 0 Å². The van der Waals surface area contributed by atoms with Gasteiger partial charge in [-0.25, -0.2) is 0 Å². The summed E-state index contributed by atoms with van der Waals surface area (Å²) in [7, 11) is 0. The number of aliphatic hydroxyl groups excluding tert-OH is 1. The summed E-state index contributed by atoms with van der Waals surface area (Å²) in [5.74, 6) is -0.787. The molecule has 0 bridgehead atoms. The molecule has 156 valence electrons. The van der Waals surface area contributed by atoms with Gasteiger partial charge in [0.15, 0.2) is 5.76 Å². The van der Waals surface area contributed by atoms with Crippen molar-refractivity contribution in [2.45, 2.75) is 32.4 Å². The molecule has 1 fully saturated rings. The number of hydrogen-bond acceptors (Lipinski definition) is 5. The lowest BCUT2D eigenvalue weighted by atomic mass is 10.0. The summed E-state index contributed by atoms with van der Waals surface area (Å²) in [5, 5.41) is 10.4. The minimum atomic E-state index is -0.592. The third-order valence-electron chi connectivity index (χ3n) is 5.72. The molecule has 1 saturated heterocycles. The largest absolute Gasteiger partial charge is 0.502 e. The molecule has 2 aromatic rings. The predicted octanol–water partition coefficient (Wildman–Crippen LogP) is 3.39. The number of piperidine rings is 1. The van der Waals surface area contributed by atoms with Crippen LogP contribution in [0.3, 0.4) is 0 Å². The Balaban J connectivity index is 1.42. The van der Waals surface area contributed by atoms with E-state index in [2.05, 4.69) is 17.0 Å². The lowest BCUT2D eigenvalue weighted by Crippen LogP contribution is -2.47. The van der Waals surface area contributed by atoms with Crippen molar-refractivity contribution in [2.24, 2.45) is 0 Å². The Hall–Kier alpha value is -3.12. The van der Waals surface area contributed by atoms with E-state index in [1.165, 1.54) is 10.5 Å². The number of rotatable bonds is 6. The predicted molar refractivity (Wildman–Crippen MR) is 114 cm³/mol. The molecule has 0 spiro atoms. The molecular formula is C24H26N2O4. The molecule has 0 aliphatic carbocycles. The highest BCUT2D eigenvalue weighted by molar-refractivity contribution is 6.35. The first kappa shape index (κ1) is 20.2. The van der Waals surface area contributed by atoms with Gasteiger partial charge in [-0.3, -0.25) is 19.4 Å². The van der Waals surface area contributed by atoms with Crippen LogP contribution in [0.5, 0.6) is 5.75 Å². The third kappa shape index (κ3) is 3.96. The smallest absolute Gasteiger partial charge is 0.296 e. The second kappa shape index (κ2) is 8.71. The normalized spacial score (nSPS) is 18.4. The van der Waals surface area contributed by atoms with Gasteiger partial charge in [-0.05, 0) is 43.0 Å². The summed E-state index contributed by atoms with van der Waals surface area (Å²) < 4.78 is 5.42. The van der Waals surface area contributed by atoms with Gasteiger partial charge in [0.05, 0.1) is 12.2 Å². The van der Waals surface area contributed by atoms with Gasteiger partial charge in [0.1, 0.15) is 5.75 Å². The average molecular weight is 406 g/mol.